The molecule has 0 aliphatic heterocycles. The molecule has 0 radical (unpaired) electrons. The molecule has 182 valence electrons. The van der Waals surface area contributed by atoms with Crippen LogP contribution in [0.15, 0.2) is 89.8 Å². The van der Waals surface area contributed by atoms with Crippen molar-refractivity contribution in [3.05, 3.63) is 106 Å². The zero-order valence-corrected chi connectivity index (χ0v) is 19.2. The van der Waals surface area contributed by atoms with Crippen molar-refractivity contribution < 1.29 is 32.4 Å². The SMILES string of the molecule is O=C(C[C@H](NS(=O)(=O)c1ccccc1[N+](=O)[O-])C(=O)OCc1ccccc1)OCc1ccccc1. The van der Waals surface area contributed by atoms with Gasteiger partial charge in [0.05, 0.1) is 11.3 Å². The van der Waals surface area contributed by atoms with Crippen molar-refractivity contribution in [2.24, 2.45) is 0 Å². The predicted octanol–water partition coefficient (Wildman–Crippen LogP) is 3.12. The first-order valence-electron chi connectivity index (χ1n) is 10.4. The first-order chi connectivity index (χ1) is 16.8. The zero-order valence-electron chi connectivity index (χ0n) is 18.4. The van der Waals surface area contributed by atoms with E-state index >= 15 is 0 Å². The standard InChI is InChI=1S/C24H22N2O8S/c27-23(33-16-18-9-3-1-4-10-18)15-20(24(28)34-17-19-11-5-2-6-12-19)25-35(31,32)22-14-8-7-13-21(22)26(29)30/h1-14,20,25H,15-17H2/t20-/m0/s1. The van der Waals surface area contributed by atoms with E-state index in [1.165, 1.54) is 12.1 Å². The zero-order chi connectivity index (χ0) is 25.3. The summed E-state index contributed by atoms with van der Waals surface area (Å²) in [6.45, 7) is -0.245. The van der Waals surface area contributed by atoms with Gasteiger partial charge in [0.2, 0.25) is 10.0 Å². The van der Waals surface area contributed by atoms with Crippen LogP contribution in [-0.4, -0.2) is 31.3 Å². The van der Waals surface area contributed by atoms with E-state index in [0.29, 0.717) is 11.1 Å². The highest BCUT2D eigenvalue weighted by Crippen LogP contribution is 2.23. The maximum absolute atomic E-state index is 12.9. The molecule has 0 saturated carbocycles. The summed E-state index contributed by atoms with van der Waals surface area (Å²) in [5.41, 5.74) is 0.667. The lowest BCUT2D eigenvalue weighted by atomic mass is 10.2. The highest BCUT2D eigenvalue weighted by molar-refractivity contribution is 7.89. The molecule has 3 rings (SSSR count). The molecular formula is C24H22N2O8S. The van der Waals surface area contributed by atoms with E-state index in [4.69, 9.17) is 9.47 Å². The molecule has 0 saturated heterocycles. The predicted molar refractivity (Wildman–Crippen MR) is 124 cm³/mol. The quantitative estimate of drug-likeness (QED) is 0.241. The van der Waals surface area contributed by atoms with Crippen molar-refractivity contribution in [3.63, 3.8) is 0 Å². The number of rotatable bonds is 11. The van der Waals surface area contributed by atoms with Crippen LogP contribution in [-0.2, 0) is 42.3 Å². The molecule has 0 heterocycles. The van der Waals surface area contributed by atoms with Crippen LogP contribution in [0, 0.1) is 10.1 Å². The van der Waals surface area contributed by atoms with Gasteiger partial charge >= 0.3 is 11.9 Å². The molecule has 1 atom stereocenters. The molecular weight excluding hydrogens is 476 g/mol. The second kappa shape index (κ2) is 11.9. The number of esters is 2. The third-order valence-corrected chi connectivity index (χ3v) is 6.29. The van der Waals surface area contributed by atoms with Crippen molar-refractivity contribution in [3.8, 4) is 0 Å². The number of nitrogens with one attached hydrogen (secondary N) is 1. The average molecular weight is 499 g/mol. The number of carbonyl (C=O) groups excluding carboxylic acids is 2. The van der Waals surface area contributed by atoms with Gasteiger partial charge < -0.3 is 9.47 Å². The topological polar surface area (TPSA) is 142 Å². The van der Waals surface area contributed by atoms with Crippen LogP contribution in [0.5, 0.6) is 0 Å². The minimum absolute atomic E-state index is 0.0810. The summed E-state index contributed by atoms with van der Waals surface area (Å²) in [6.07, 6.45) is -0.680. The number of nitrogens with zero attached hydrogens (tertiary/aromatic N) is 1. The molecule has 0 unspecified atom stereocenters. The summed E-state index contributed by atoms with van der Waals surface area (Å²) < 4.78 is 38.3. The molecule has 11 heteroatoms. The molecule has 0 amide bonds. The summed E-state index contributed by atoms with van der Waals surface area (Å²) in [7, 11) is -4.58. The Morgan fingerprint density at radius 3 is 1.91 bits per heavy atom. The number of sulfonamides is 1. The van der Waals surface area contributed by atoms with Crippen LogP contribution in [0.2, 0.25) is 0 Å². The number of nitro groups is 1. The second-order valence-corrected chi connectivity index (χ2v) is 9.02. The normalized spacial score (nSPS) is 11.9. The number of hydrogen-bond acceptors (Lipinski definition) is 8. The van der Waals surface area contributed by atoms with E-state index in [-0.39, 0.29) is 13.2 Å². The van der Waals surface area contributed by atoms with Gasteiger partial charge in [-0.05, 0) is 17.2 Å². The van der Waals surface area contributed by atoms with Crippen molar-refractivity contribution >= 4 is 27.6 Å². The first kappa shape index (κ1) is 25.5. The Hall–Kier alpha value is -4.09. The van der Waals surface area contributed by atoms with Crippen LogP contribution in [0.3, 0.4) is 0 Å². The molecule has 35 heavy (non-hydrogen) atoms. The molecule has 3 aromatic carbocycles. The molecule has 0 bridgehead atoms. The summed E-state index contributed by atoms with van der Waals surface area (Å²) in [4.78, 5) is 35.0. The van der Waals surface area contributed by atoms with Gasteiger partial charge in [-0.3, -0.25) is 19.7 Å². The van der Waals surface area contributed by atoms with Crippen molar-refractivity contribution in [1.82, 2.24) is 4.72 Å². The van der Waals surface area contributed by atoms with Crippen LogP contribution in [0.4, 0.5) is 5.69 Å². The van der Waals surface area contributed by atoms with Gasteiger partial charge in [0.1, 0.15) is 19.3 Å². The van der Waals surface area contributed by atoms with Gasteiger partial charge in [0, 0.05) is 6.07 Å². The number of carbonyl (C=O) groups is 2. The summed E-state index contributed by atoms with van der Waals surface area (Å²) in [5.74, 6) is -1.89. The summed E-state index contributed by atoms with van der Waals surface area (Å²) >= 11 is 0. The van der Waals surface area contributed by atoms with E-state index in [2.05, 4.69) is 4.72 Å². The van der Waals surface area contributed by atoms with Crippen LogP contribution < -0.4 is 4.72 Å². The largest absolute Gasteiger partial charge is 0.461 e. The number of nitro benzene ring substituents is 1. The number of ether oxygens (including phenoxy) is 2. The lowest BCUT2D eigenvalue weighted by Gasteiger charge is -2.17. The fraction of sp³-hybridized carbons (Fsp3) is 0.167. The maximum atomic E-state index is 12.9. The van der Waals surface area contributed by atoms with Crippen molar-refractivity contribution in [2.45, 2.75) is 30.6 Å². The van der Waals surface area contributed by atoms with Gasteiger partial charge in [0.25, 0.3) is 5.69 Å². The third-order valence-electron chi connectivity index (χ3n) is 4.77. The van der Waals surface area contributed by atoms with Crippen LogP contribution in [0.1, 0.15) is 17.5 Å². The lowest BCUT2D eigenvalue weighted by molar-refractivity contribution is -0.387. The fourth-order valence-corrected chi connectivity index (χ4v) is 4.41. The Labute approximate surface area is 201 Å². The van der Waals surface area contributed by atoms with E-state index < -0.39 is 49.9 Å². The molecule has 10 nitrogen and oxygen atoms in total. The minimum atomic E-state index is -4.58. The Kier molecular flexibility index (Phi) is 8.65. The van der Waals surface area contributed by atoms with E-state index in [9.17, 15) is 28.1 Å². The van der Waals surface area contributed by atoms with Gasteiger partial charge in [-0.25, -0.2) is 8.42 Å². The van der Waals surface area contributed by atoms with E-state index in [1.807, 2.05) is 0 Å². The second-order valence-electron chi connectivity index (χ2n) is 7.34. The fourth-order valence-electron chi connectivity index (χ4n) is 3.05. The lowest BCUT2D eigenvalue weighted by Crippen LogP contribution is -2.43. The molecule has 0 aromatic heterocycles. The first-order valence-corrected chi connectivity index (χ1v) is 11.9. The van der Waals surface area contributed by atoms with Crippen molar-refractivity contribution in [1.29, 1.82) is 0 Å². The maximum Gasteiger partial charge on any atom is 0.325 e. The molecule has 3 aromatic rings. The number of benzene rings is 3. The molecule has 0 spiro atoms. The average Bonchev–Trinajstić information content (AvgIpc) is 2.86. The molecule has 0 aliphatic carbocycles. The Bertz CT molecular complexity index is 1280. The highest BCUT2D eigenvalue weighted by Gasteiger charge is 2.33. The van der Waals surface area contributed by atoms with Crippen molar-refractivity contribution in [2.75, 3.05) is 0 Å². The Balaban J connectivity index is 1.77. The van der Waals surface area contributed by atoms with Gasteiger partial charge in [-0.2, -0.15) is 4.72 Å². The van der Waals surface area contributed by atoms with Crippen LogP contribution in [0.25, 0.3) is 0 Å². The van der Waals surface area contributed by atoms with Crippen LogP contribution >= 0.6 is 0 Å². The summed E-state index contributed by atoms with van der Waals surface area (Å²) in [5, 5.41) is 11.3. The van der Waals surface area contributed by atoms with E-state index in [1.54, 1.807) is 60.7 Å². The van der Waals surface area contributed by atoms with Gasteiger partial charge in [0.15, 0.2) is 4.90 Å². The number of hydrogen-bond donors (Lipinski definition) is 1. The van der Waals surface area contributed by atoms with E-state index in [0.717, 1.165) is 12.1 Å². The minimum Gasteiger partial charge on any atom is -0.461 e. The van der Waals surface area contributed by atoms with Gasteiger partial charge in [-0.1, -0.05) is 72.8 Å². The third kappa shape index (κ3) is 7.45. The highest BCUT2D eigenvalue weighted by atomic mass is 32.2. The Morgan fingerprint density at radius 2 is 1.34 bits per heavy atom. The smallest absolute Gasteiger partial charge is 0.325 e. The monoisotopic (exact) mass is 498 g/mol. The van der Waals surface area contributed by atoms with Gasteiger partial charge in [-0.15, -0.1) is 0 Å². The summed E-state index contributed by atoms with van der Waals surface area (Å²) in [6, 6.07) is 20.4. The molecule has 1 N–H and O–H groups in total. The Morgan fingerprint density at radius 1 is 0.829 bits per heavy atom. The molecule has 0 fully saturated rings. The number of para-hydroxylation sites is 1. The molecule has 0 aliphatic rings.